The van der Waals surface area contributed by atoms with E-state index < -0.39 is 10.8 Å². The predicted octanol–water partition coefficient (Wildman–Crippen LogP) is 2.42. The number of hydrogen-bond donors (Lipinski definition) is 2. The first kappa shape index (κ1) is 20.8. The van der Waals surface area contributed by atoms with Crippen LogP contribution in [0.2, 0.25) is 0 Å². The number of nitro benzene ring substituents is 1. The molecule has 2 rings (SSSR count). The maximum atomic E-state index is 12.2. The summed E-state index contributed by atoms with van der Waals surface area (Å²) in [6.45, 7) is 1.88. The van der Waals surface area contributed by atoms with Crippen LogP contribution in [0.1, 0.15) is 5.56 Å². The van der Waals surface area contributed by atoms with Crippen molar-refractivity contribution < 1.29 is 19.2 Å². The Morgan fingerprint density at radius 3 is 2.25 bits per heavy atom. The van der Waals surface area contributed by atoms with Crippen molar-refractivity contribution in [3.63, 3.8) is 0 Å². The summed E-state index contributed by atoms with van der Waals surface area (Å²) < 4.78 is 5.11. The third kappa shape index (κ3) is 6.06. The maximum Gasteiger partial charge on any atom is 0.271 e. The number of nitrogens with one attached hydrogen (secondary N) is 2. The van der Waals surface area contributed by atoms with Gasteiger partial charge in [0.15, 0.2) is 0 Å². The fourth-order valence-electron chi connectivity index (χ4n) is 2.48. The highest BCUT2D eigenvalue weighted by Gasteiger charge is 2.16. The molecule has 0 unspecified atom stereocenters. The Kier molecular flexibility index (Phi) is 7.05. The highest BCUT2D eigenvalue weighted by Crippen LogP contribution is 2.28. The van der Waals surface area contributed by atoms with E-state index in [1.807, 2.05) is 19.1 Å². The molecule has 9 heteroatoms. The molecule has 0 atom stereocenters. The van der Waals surface area contributed by atoms with Crippen LogP contribution >= 0.6 is 0 Å². The Labute approximate surface area is 162 Å². The molecule has 0 aliphatic carbocycles. The highest BCUT2D eigenvalue weighted by atomic mass is 16.6. The number of ether oxygens (including phenoxy) is 1. The van der Waals surface area contributed by atoms with Gasteiger partial charge < -0.3 is 15.4 Å². The van der Waals surface area contributed by atoms with Crippen LogP contribution in [0.4, 0.5) is 17.1 Å². The van der Waals surface area contributed by atoms with Gasteiger partial charge in [0.1, 0.15) is 5.75 Å². The van der Waals surface area contributed by atoms with E-state index in [1.165, 1.54) is 30.2 Å². The molecule has 28 heavy (non-hydrogen) atoms. The fraction of sp³-hybridized carbons (Fsp3) is 0.263. The molecule has 2 aromatic carbocycles. The smallest absolute Gasteiger partial charge is 0.271 e. The molecule has 0 aliphatic rings. The quantitative estimate of drug-likeness (QED) is 0.532. The van der Waals surface area contributed by atoms with Gasteiger partial charge in [-0.05, 0) is 32.2 Å². The molecule has 0 aromatic heterocycles. The number of methoxy groups -OCH3 is 1. The van der Waals surface area contributed by atoms with Gasteiger partial charge in [-0.1, -0.05) is 17.7 Å². The lowest BCUT2D eigenvalue weighted by atomic mass is 10.2. The van der Waals surface area contributed by atoms with Crippen LogP contribution < -0.4 is 15.4 Å². The van der Waals surface area contributed by atoms with Gasteiger partial charge in [0, 0.05) is 17.8 Å². The average Bonchev–Trinajstić information content (AvgIpc) is 2.63. The number of carbonyl (C=O) groups is 2. The fourth-order valence-corrected chi connectivity index (χ4v) is 2.48. The van der Waals surface area contributed by atoms with Crippen LogP contribution in [-0.4, -0.2) is 48.9 Å². The largest absolute Gasteiger partial charge is 0.495 e. The molecule has 0 bridgehead atoms. The van der Waals surface area contributed by atoms with E-state index in [4.69, 9.17) is 4.74 Å². The lowest BCUT2D eigenvalue weighted by Gasteiger charge is -2.17. The minimum absolute atomic E-state index is 0.00731. The Hall–Kier alpha value is -3.46. The van der Waals surface area contributed by atoms with Crippen molar-refractivity contribution in [3.05, 3.63) is 58.1 Å². The van der Waals surface area contributed by atoms with Crippen LogP contribution in [0.5, 0.6) is 5.75 Å². The maximum absolute atomic E-state index is 12.2. The molecule has 2 N–H and O–H groups in total. The molecule has 2 aromatic rings. The number of benzene rings is 2. The molecule has 9 nitrogen and oxygen atoms in total. The van der Waals surface area contributed by atoms with Crippen molar-refractivity contribution in [2.75, 3.05) is 37.9 Å². The van der Waals surface area contributed by atoms with Gasteiger partial charge in [0.25, 0.3) is 5.69 Å². The summed E-state index contributed by atoms with van der Waals surface area (Å²) in [5.41, 5.74) is 1.79. The minimum atomic E-state index is -0.559. The normalized spacial score (nSPS) is 10.4. The first-order valence-electron chi connectivity index (χ1n) is 8.46. The van der Waals surface area contributed by atoms with E-state index >= 15 is 0 Å². The Balaban J connectivity index is 1.91. The zero-order chi connectivity index (χ0) is 20.7. The van der Waals surface area contributed by atoms with Crippen LogP contribution in [0.15, 0.2) is 42.5 Å². The van der Waals surface area contributed by atoms with E-state index in [0.29, 0.717) is 11.4 Å². The van der Waals surface area contributed by atoms with Crippen LogP contribution in [-0.2, 0) is 9.59 Å². The number of anilines is 2. The number of nitrogens with zero attached hydrogens (tertiary/aromatic N) is 2. The standard InChI is InChI=1S/C19H22N4O5/c1-13-4-6-14(7-5-13)20-18(24)11-22(2)12-19(25)21-16-10-15(23(26)27)8-9-17(16)28-3/h4-10H,11-12H2,1-3H3,(H,20,24)(H,21,25). The van der Waals surface area contributed by atoms with E-state index in [0.717, 1.165) is 5.56 Å². The zero-order valence-electron chi connectivity index (χ0n) is 15.9. The number of carbonyl (C=O) groups excluding carboxylic acids is 2. The van der Waals surface area contributed by atoms with Gasteiger partial charge >= 0.3 is 0 Å². The van der Waals surface area contributed by atoms with E-state index in [-0.39, 0.29) is 30.4 Å². The highest BCUT2D eigenvalue weighted by molar-refractivity contribution is 5.95. The lowest BCUT2D eigenvalue weighted by molar-refractivity contribution is -0.384. The van der Waals surface area contributed by atoms with Crippen molar-refractivity contribution in [2.45, 2.75) is 6.92 Å². The molecule has 0 saturated heterocycles. The van der Waals surface area contributed by atoms with Gasteiger partial charge in [-0.3, -0.25) is 24.6 Å². The molecule has 0 radical (unpaired) electrons. The monoisotopic (exact) mass is 386 g/mol. The van der Waals surface area contributed by atoms with E-state index in [1.54, 1.807) is 19.2 Å². The number of rotatable bonds is 8. The van der Waals surface area contributed by atoms with Crippen molar-refractivity contribution in [3.8, 4) is 5.75 Å². The molecule has 0 aliphatic heterocycles. The van der Waals surface area contributed by atoms with Crippen molar-refractivity contribution >= 4 is 28.9 Å². The van der Waals surface area contributed by atoms with Gasteiger partial charge in [-0.15, -0.1) is 0 Å². The van der Waals surface area contributed by atoms with Crippen LogP contribution in [0.25, 0.3) is 0 Å². The van der Waals surface area contributed by atoms with Crippen molar-refractivity contribution in [1.29, 1.82) is 0 Å². The summed E-state index contributed by atoms with van der Waals surface area (Å²) in [6, 6.07) is 11.3. The minimum Gasteiger partial charge on any atom is -0.495 e. The van der Waals surface area contributed by atoms with Gasteiger partial charge in [-0.25, -0.2) is 0 Å². The molecule has 2 amide bonds. The summed E-state index contributed by atoms with van der Waals surface area (Å²) in [5, 5.41) is 16.2. The number of amides is 2. The van der Waals surface area contributed by atoms with Crippen LogP contribution in [0.3, 0.4) is 0 Å². The number of nitro groups is 1. The molecule has 0 spiro atoms. The number of hydrogen-bond acceptors (Lipinski definition) is 6. The lowest BCUT2D eigenvalue weighted by Crippen LogP contribution is -2.36. The van der Waals surface area contributed by atoms with Crippen molar-refractivity contribution in [1.82, 2.24) is 4.90 Å². The Morgan fingerprint density at radius 1 is 1.07 bits per heavy atom. The average molecular weight is 386 g/mol. The predicted molar refractivity (Wildman–Crippen MR) is 106 cm³/mol. The Bertz CT molecular complexity index is 867. The first-order chi connectivity index (χ1) is 13.3. The molecule has 148 valence electrons. The molecule has 0 saturated carbocycles. The third-order valence-corrected chi connectivity index (χ3v) is 3.83. The van der Waals surface area contributed by atoms with E-state index in [2.05, 4.69) is 10.6 Å². The van der Waals surface area contributed by atoms with Crippen molar-refractivity contribution in [2.24, 2.45) is 0 Å². The second kappa shape index (κ2) is 9.47. The molecule has 0 fully saturated rings. The topological polar surface area (TPSA) is 114 Å². The summed E-state index contributed by atoms with van der Waals surface area (Å²) in [7, 11) is 3.03. The second-order valence-corrected chi connectivity index (χ2v) is 6.28. The third-order valence-electron chi connectivity index (χ3n) is 3.83. The Morgan fingerprint density at radius 2 is 1.68 bits per heavy atom. The summed E-state index contributed by atoms with van der Waals surface area (Å²) in [6.07, 6.45) is 0. The van der Waals surface area contributed by atoms with Gasteiger partial charge in [-0.2, -0.15) is 0 Å². The number of aryl methyl sites for hydroxylation is 1. The summed E-state index contributed by atoms with van der Waals surface area (Å²) >= 11 is 0. The van der Waals surface area contributed by atoms with E-state index in [9.17, 15) is 19.7 Å². The first-order valence-corrected chi connectivity index (χ1v) is 8.46. The second-order valence-electron chi connectivity index (χ2n) is 6.28. The SMILES string of the molecule is COc1ccc([N+](=O)[O-])cc1NC(=O)CN(C)CC(=O)Nc1ccc(C)cc1. The number of likely N-dealkylation sites (N-methyl/N-ethyl adjacent to an activating group) is 1. The van der Waals surface area contributed by atoms with Gasteiger partial charge in [0.05, 0.1) is 30.8 Å². The van der Waals surface area contributed by atoms with Gasteiger partial charge in [0.2, 0.25) is 11.8 Å². The summed E-state index contributed by atoms with van der Waals surface area (Å²) in [4.78, 5) is 36.2. The molecular weight excluding hydrogens is 364 g/mol. The summed E-state index contributed by atoms with van der Waals surface area (Å²) in [5.74, 6) is -0.379. The molecule has 0 heterocycles. The number of non-ortho nitro benzene ring substituents is 1. The zero-order valence-corrected chi connectivity index (χ0v) is 15.9. The molecular formula is C19H22N4O5. The van der Waals surface area contributed by atoms with Crippen LogP contribution in [0, 0.1) is 17.0 Å².